The van der Waals surface area contributed by atoms with Gasteiger partial charge in [0.25, 0.3) is 5.56 Å². The summed E-state index contributed by atoms with van der Waals surface area (Å²) in [5, 5.41) is 9.73. The first-order valence-corrected chi connectivity index (χ1v) is 12.1. The van der Waals surface area contributed by atoms with Crippen molar-refractivity contribution in [1.82, 2.24) is 24.6 Å². The van der Waals surface area contributed by atoms with Gasteiger partial charge in [0.05, 0.1) is 6.20 Å². The maximum Gasteiger partial charge on any atom is 0.291 e. The third-order valence-corrected chi connectivity index (χ3v) is 6.97. The van der Waals surface area contributed by atoms with Crippen LogP contribution in [-0.2, 0) is 17.9 Å². The molecule has 1 aliphatic heterocycles. The van der Waals surface area contributed by atoms with Crippen molar-refractivity contribution in [2.45, 2.75) is 38.9 Å². The number of rotatable bonds is 7. The number of aromatic nitrogens is 3. The van der Waals surface area contributed by atoms with Gasteiger partial charge in [0.1, 0.15) is 12.1 Å². The summed E-state index contributed by atoms with van der Waals surface area (Å²) in [4.78, 5) is 28.6. The SMILES string of the molecule is CCN1CCC[C@H]1CNC(=O)Cn1ncc2c3ccccc3n(Cc3cccc(Cl)c3)c2c1=O. The lowest BCUT2D eigenvalue weighted by Crippen LogP contribution is -2.42. The molecule has 0 radical (unpaired) electrons. The first-order chi connectivity index (χ1) is 16.5. The monoisotopic (exact) mass is 477 g/mol. The van der Waals surface area contributed by atoms with Crippen LogP contribution >= 0.6 is 11.6 Å². The Labute approximate surface area is 202 Å². The number of likely N-dealkylation sites (tertiary alicyclic amines) is 1. The molecule has 1 fully saturated rings. The predicted molar refractivity (Wildman–Crippen MR) is 135 cm³/mol. The summed E-state index contributed by atoms with van der Waals surface area (Å²) in [5.41, 5.74) is 2.20. The summed E-state index contributed by atoms with van der Waals surface area (Å²) < 4.78 is 3.25. The number of likely N-dealkylation sites (N-methyl/N-ethyl adjacent to an activating group) is 1. The molecule has 0 saturated carbocycles. The van der Waals surface area contributed by atoms with Crippen molar-refractivity contribution in [2.75, 3.05) is 19.6 Å². The Balaban J connectivity index is 1.46. The van der Waals surface area contributed by atoms with Crippen LogP contribution in [-0.4, -0.2) is 50.8 Å². The van der Waals surface area contributed by atoms with Crippen molar-refractivity contribution in [3.8, 4) is 0 Å². The third kappa shape index (κ3) is 4.33. The molecular formula is C26H28ClN5O2. The number of hydrogen-bond donors (Lipinski definition) is 1. The largest absolute Gasteiger partial charge is 0.353 e. The summed E-state index contributed by atoms with van der Waals surface area (Å²) in [6.45, 7) is 5.18. The topological polar surface area (TPSA) is 72.2 Å². The van der Waals surface area contributed by atoms with E-state index in [-0.39, 0.29) is 18.0 Å². The van der Waals surface area contributed by atoms with Crippen LogP contribution in [0.5, 0.6) is 0 Å². The number of para-hydroxylation sites is 1. The molecule has 176 valence electrons. The number of hydrogen-bond acceptors (Lipinski definition) is 4. The van der Waals surface area contributed by atoms with Crippen molar-refractivity contribution < 1.29 is 4.79 Å². The second-order valence-corrected chi connectivity index (χ2v) is 9.27. The first kappa shape index (κ1) is 22.6. The zero-order valence-corrected chi connectivity index (χ0v) is 20.0. The van der Waals surface area contributed by atoms with Crippen molar-refractivity contribution in [3.63, 3.8) is 0 Å². The van der Waals surface area contributed by atoms with Crippen LogP contribution in [0.3, 0.4) is 0 Å². The van der Waals surface area contributed by atoms with Crippen LogP contribution < -0.4 is 10.9 Å². The number of fused-ring (bicyclic) bond motifs is 3. The zero-order chi connectivity index (χ0) is 23.7. The van der Waals surface area contributed by atoms with E-state index in [1.807, 2.05) is 53.1 Å². The van der Waals surface area contributed by atoms with Gasteiger partial charge in [0.2, 0.25) is 5.91 Å². The maximum atomic E-state index is 13.5. The molecule has 0 spiro atoms. The first-order valence-electron chi connectivity index (χ1n) is 11.8. The molecule has 2 aromatic carbocycles. The van der Waals surface area contributed by atoms with Crippen molar-refractivity contribution in [2.24, 2.45) is 0 Å². The Morgan fingerprint density at radius 2 is 2.03 bits per heavy atom. The van der Waals surface area contributed by atoms with Crippen molar-refractivity contribution in [1.29, 1.82) is 0 Å². The van der Waals surface area contributed by atoms with E-state index in [2.05, 4.69) is 22.2 Å². The zero-order valence-electron chi connectivity index (χ0n) is 19.2. The van der Waals surface area contributed by atoms with Crippen molar-refractivity contribution in [3.05, 3.63) is 75.7 Å². The molecule has 0 aliphatic carbocycles. The number of amides is 1. The lowest BCUT2D eigenvalue weighted by molar-refractivity contribution is -0.122. The van der Waals surface area contributed by atoms with Gasteiger partial charge in [-0.05, 0) is 49.7 Å². The standard InChI is InChI=1S/C26H28ClN5O2/c1-2-30-12-6-9-20(30)14-28-24(33)17-32-26(34)25-22(15-29-32)21-10-3-4-11-23(21)31(25)16-18-7-5-8-19(27)13-18/h3-5,7-8,10-11,13,15,20H,2,6,9,12,14,16-17H2,1H3,(H,28,33)/t20-/m0/s1. The van der Waals surface area contributed by atoms with Gasteiger partial charge in [-0.25, -0.2) is 4.68 Å². The van der Waals surface area contributed by atoms with Gasteiger partial charge >= 0.3 is 0 Å². The molecular weight excluding hydrogens is 450 g/mol. The van der Waals surface area contributed by atoms with Crippen LogP contribution in [0, 0.1) is 0 Å². The number of carbonyl (C=O) groups is 1. The molecule has 0 bridgehead atoms. The highest BCUT2D eigenvalue weighted by Gasteiger charge is 2.23. The average Bonchev–Trinajstić information content (AvgIpc) is 3.42. The molecule has 0 unspecified atom stereocenters. The molecule has 1 amide bonds. The van der Waals surface area contributed by atoms with E-state index in [1.54, 1.807) is 6.20 Å². The summed E-state index contributed by atoms with van der Waals surface area (Å²) in [7, 11) is 0. The van der Waals surface area contributed by atoms with Crippen LogP contribution in [0.25, 0.3) is 21.8 Å². The minimum Gasteiger partial charge on any atom is -0.353 e. The smallest absolute Gasteiger partial charge is 0.291 e. The quantitative estimate of drug-likeness (QED) is 0.441. The Kier molecular flexibility index (Phi) is 6.39. The third-order valence-electron chi connectivity index (χ3n) is 6.74. The second kappa shape index (κ2) is 9.60. The fraction of sp³-hybridized carbons (Fsp3) is 0.346. The van der Waals surface area contributed by atoms with E-state index in [1.165, 1.54) is 4.68 Å². The van der Waals surface area contributed by atoms with Gasteiger partial charge in [0, 0.05) is 40.4 Å². The number of halogens is 1. The van der Waals surface area contributed by atoms with Crippen LogP contribution in [0.4, 0.5) is 0 Å². The molecule has 8 heteroatoms. The summed E-state index contributed by atoms with van der Waals surface area (Å²) in [6, 6.07) is 15.9. The lowest BCUT2D eigenvalue weighted by atomic mass is 10.2. The fourth-order valence-corrected chi connectivity index (χ4v) is 5.27. The Hall–Kier alpha value is -3.16. The van der Waals surface area contributed by atoms with Crippen LogP contribution in [0.15, 0.2) is 59.5 Å². The summed E-state index contributed by atoms with van der Waals surface area (Å²) >= 11 is 6.20. The second-order valence-electron chi connectivity index (χ2n) is 8.83. The van der Waals surface area contributed by atoms with Crippen molar-refractivity contribution >= 4 is 39.3 Å². The van der Waals surface area contributed by atoms with E-state index in [4.69, 9.17) is 11.6 Å². The normalized spacial score (nSPS) is 16.5. The molecule has 4 aromatic rings. The predicted octanol–water partition coefficient (Wildman–Crippen LogP) is 3.65. The highest BCUT2D eigenvalue weighted by atomic mass is 35.5. The van der Waals surface area contributed by atoms with Crippen LogP contribution in [0.2, 0.25) is 5.02 Å². The van der Waals surface area contributed by atoms with E-state index in [9.17, 15) is 9.59 Å². The van der Waals surface area contributed by atoms with E-state index in [0.29, 0.717) is 29.7 Å². The number of nitrogens with zero attached hydrogens (tertiary/aromatic N) is 4. The number of carbonyl (C=O) groups excluding carboxylic acids is 1. The molecule has 2 aromatic heterocycles. The summed E-state index contributed by atoms with van der Waals surface area (Å²) in [5.74, 6) is -0.200. The maximum absolute atomic E-state index is 13.5. The van der Waals surface area contributed by atoms with Crippen LogP contribution in [0.1, 0.15) is 25.3 Å². The van der Waals surface area contributed by atoms with Gasteiger partial charge in [-0.1, -0.05) is 48.9 Å². The molecule has 7 nitrogen and oxygen atoms in total. The van der Waals surface area contributed by atoms with Gasteiger partial charge in [-0.15, -0.1) is 0 Å². The van der Waals surface area contributed by atoms with Gasteiger partial charge in [0.15, 0.2) is 0 Å². The Bertz CT molecular complexity index is 1410. The van der Waals surface area contributed by atoms with Gasteiger partial charge in [-0.3, -0.25) is 14.5 Å². The molecule has 34 heavy (non-hydrogen) atoms. The van der Waals surface area contributed by atoms with Gasteiger partial charge in [-0.2, -0.15) is 5.10 Å². The summed E-state index contributed by atoms with van der Waals surface area (Å²) in [6.07, 6.45) is 3.93. The highest BCUT2D eigenvalue weighted by molar-refractivity contribution is 6.30. The van der Waals surface area contributed by atoms with Gasteiger partial charge < -0.3 is 9.88 Å². The lowest BCUT2D eigenvalue weighted by Gasteiger charge is -2.22. The Morgan fingerprint density at radius 3 is 2.85 bits per heavy atom. The highest BCUT2D eigenvalue weighted by Crippen LogP contribution is 2.27. The Morgan fingerprint density at radius 1 is 1.18 bits per heavy atom. The molecule has 1 saturated heterocycles. The number of nitrogens with one attached hydrogen (secondary N) is 1. The number of benzene rings is 2. The van der Waals surface area contributed by atoms with E-state index >= 15 is 0 Å². The van der Waals surface area contributed by atoms with E-state index < -0.39 is 0 Å². The average molecular weight is 478 g/mol. The minimum absolute atomic E-state index is 0.105. The fourth-order valence-electron chi connectivity index (χ4n) is 5.05. The molecule has 1 N–H and O–H groups in total. The minimum atomic E-state index is -0.276. The molecule has 3 heterocycles. The molecule has 1 aliphatic rings. The molecule has 5 rings (SSSR count). The molecule has 1 atom stereocenters. The van der Waals surface area contributed by atoms with E-state index in [0.717, 1.165) is 47.8 Å².